The summed E-state index contributed by atoms with van der Waals surface area (Å²) in [5.41, 5.74) is 0. The Morgan fingerprint density at radius 2 is 2.17 bits per heavy atom. The van der Waals surface area contributed by atoms with E-state index in [2.05, 4.69) is 0 Å². The first-order valence-electron chi connectivity index (χ1n) is 2.58. The van der Waals surface area contributed by atoms with Crippen LogP contribution < -0.4 is 0 Å². The predicted octanol–water partition coefficient (Wildman–Crippen LogP) is 1.76. The van der Waals surface area contributed by atoms with Crippen LogP contribution >= 0.6 is 0 Å². The molecule has 0 aromatic heterocycles. The van der Waals surface area contributed by atoms with Crippen molar-refractivity contribution in [3.05, 3.63) is 6.92 Å². The van der Waals surface area contributed by atoms with Crippen LogP contribution in [0.4, 0.5) is 0 Å². The van der Waals surface area contributed by atoms with E-state index in [-0.39, 0.29) is 0 Å². The number of rotatable bonds is 1. The van der Waals surface area contributed by atoms with E-state index in [1.165, 1.54) is 19.3 Å². The van der Waals surface area contributed by atoms with Crippen molar-refractivity contribution in [3.63, 3.8) is 0 Å². The summed E-state index contributed by atoms with van der Waals surface area (Å²) in [6.07, 6.45) is 4.69. The summed E-state index contributed by atoms with van der Waals surface area (Å²) in [4.78, 5) is 0. The lowest BCUT2D eigenvalue weighted by Gasteiger charge is -2.22. The van der Waals surface area contributed by atoms with E-state index in [4.69, 9.17) is 6.92 Å². The minimum absolute atomic E-state index is 0.667. The zero-order valence-electron chi connectivity index (χ0n) is 3.91. The first kappa shape index (κ1) is 4.17. The Morgan fingerprint density at radius 3 is 2.17 bits per heavy atom. The Hall–Kier alpha value is 0. The monoisotopic (exact) mass is 81.1 g/mol. The Morgan fingerprint density at radius 1 is 1.50 bits per heavy atom. The number of hydrogen-bond donors (Lipinski definition) is 0. The molecule has 0 amide bonds. The fourth-order valence-electron chi connectivity index (χ4n) is 0.697. The predicted molar refractivity (Wildman–Crippen MR) is 25.2 cm³/mol. The van der Waals surface area contributed by atoms with Crippen LogP contribution in [0.2, 0.25) is 0 Å². The van der Waals surface area contributed by atoms with Crippen LogP contribution in [0, 0.1) is 12.8 Å². The summed E-state index contributed by atoms with van der Waals surface area (Å²) in [6, 6.07) is 0. The van der Waals surface area contributed by atoms with Crippen molar-refractivity contribution in [3.8, 4) is 0 Å². The quantitative estimate of drug-likeness (QED) is 0.451. The van der Waals surface area contributed by atoms with Gasteiger partial charge < -0.3 is 0 Å². The molecular weight excluding hydrogens is 72.1 g/mol. The van der Waals surface area contributed by atoms with Crippen molar-refractivity contribution in [1.29, 1.82) is 0 Å². The van der Waals surface area contributed by atoms with Crippen LogP contribution in [0.3, 0.4) is 0 Å². The van der Waals surface area contributed by atoms with Gasteiger partial charge >= 0.3 is 0 Å². The standard InChI is InChI=1S/C6H9/c1-2-6-4-3-5-6/h6H,2-5H2. The van der Waals surface area contributed by atoms with Gasteiger partial charge in [-0.25, -0.2) is 0 Å². The van der Waals surface area contributed by atoms with Gasteiger partial charge in [-0.2, -0.15) is 0 Å². The zero-order chi connectivity index (χ0) is 4.41. The third-order valence-corrected chi connectivity index (χ3v) is 1.51. The largest absolute Gasteiger partial charge is 0.0528 e. The van der Waals surface area contributed by atoms with E-state index in [9.17, 15) is 0 Å². The molecule has 0 saturated heterocycles. The molecule has 33 valence electrons. The molecule has 1 aliphatic carbocycles. The van der Waals surface area contributed by atoms with Gasteiger partial charge in [0.05, 0.1) is 0 Å². The summed E-state index contributed by atoms with van der Waals surface area (Å²) in [6.45, 7) is 6.86. The van der Waals surface area contributed by atoms with E-state index in [0.717, 1.165) is 5.92 Å². The Bertz CT molecular complexity index is 32.5. The second kappa shape index (κ2) is 1.63. The van der Waals surface area contributed by atoms with Crippen molar-refractivity contribution < 1.29 is 0 Å². The molecule has 1 saturated carbocycles. The molecule has 0 nitrogen and oxygen atoms in total. The normalized spacial score (nSPS) is 23.5. The van der Waals surface area contributed by atoms with Gasteiger partial charge in [-0.3, -0.25) is 0 Å². The summed E-state index contributed by atoms with van der Waals surface area (Å²) in [7, 11) is 0. The van der Waals surface area contributed by atoms with E-state index in [0.29, 0.717) is 6.42 Å². The van der Waals surface area contributed by atoms with Gasteiger partial charge in [-0.1, -0.05) is 19.3 Å². The van der Waals surface area contributed by atoms with Crippen molar-refractivity contribution in [2.24, 2.45) is 5.92 Å². The average molecular weight is 81.1 g/mol. The fourth-order valence-corrected chi connectivity index (χ4v) is 0.697. The third kappa shape index (κ3) is 0.562. The van der Waals surface area contributed by atoms with Crippen molar-refractivity contribution in [2.75, 3.05) is 0 Å². The smallest absolute Gasteiger partial charge is 0.00907 e. The van der Waals surface area contributed by atoms with Gasteiger partial charge in [0.1, 0.15) is 0 Å². The van der Waals surface area contributed by atoms with Gasteiger partial charge in [0.15, 0.2) is 0 Å². The molecule has 1 rings (SSSR count). The first-order valence-corrected chi connectivity index (χ1v) is 2.58. The molecule has 1 aliphatic rings. The molecular formula is C6H9. The van der Waals surface area contributed by atoms with Crippen LogP contribution in [0.15, 0.2) is 0 Å². The lowest BCUT2D eigenvalue weighted by Crippen LogP contribution is -2.08. The Kier molecular flexibility index (Phi) is 1.13. The van der Waals surface area contributed by atoms with Gasteiger partial charge in [0, 0.05) is 0 Å². The Labute approximate surface area is 39.6 Å². The maximum absolute atomic E-state index is 6.86. The van der Waals surface area contributed by atoms with Gasteiger partial charge in [-0.15, -0.1) is 0 Å². The summed E-state index contributed by atoms with van der Waals surface area (Å²) < 4.78 is 0. The lowest BCUT2D eigenvalue weighted by atomic mass is 9.84. The molecule has 0 unspecified atom stereocenters. The molecule has 0 atom stereocenters. The molecule has 0 spiro atoms. The van der Waals surface area contributed by atoms with Gasteiger partial charge in [0.25, 0.3) is 0 Å². The summed E-state index contributed by atoms with van der Waals surface area (Å²) >= 11 is 0. The third-order valence-electron chi connectivity index (χ3n) is 1.51. The highest BCUT2D eigenvalue weighted by molar-refractivity contribution is 4.69. The molecule has 6 heavy (non-hydrogen) atoms. The molecule has 0 bridgehead atoms. The second-order valence-corrected chi connectivity index (χ2v) is 2.00. The van der Waals surface area contributed by atoms with Crippen molar-refractivity contribution in [1.82, 2.24) is 0 Å². The SMILES string of the molecule is [C]CC1CCC1. The molecule has 0 aromatic rings. The van der Waals surface area contributed by atoms with E-state index >= 15 is 0 Å². The van der Waals surface area contributed by atoms with Crippen molar-refractivity contribution >= 4 is 0 Å². The minimum Gasteiger partial charge on any atom is -0.0528 e. The molecule has 0 aliphatic heterocycles. The van der Waals surface area contributed by atoms with Crippen LogP contribution in [0.25, 0.3) is 0 Å². The maximum Gasteiger partial charge on any atom is -0.00907 e. The minimum atomic E-state index is 0.667. The summed E-state index contributed by atoms with van der Waals surface area (Å²) in [5, 5.41) is 0. The van der Waals surface area contributed by atoms with Crippen molar-refractivity contribution in [2.45, 2.75) is 25.7 Å². The lowest BCUT2D eigenvalue weighted by molar-refractivity contribution is 0.318. The van der Waals surface area contributed by atoms with Gasteiger partial charge in [-0.05, 0) is 19.3 Å². The molecule has 1 fully saturated rings. The zero-order valence-corrected chi connectivity index (χ0v) is 3.91. The van der Waals surface area contributed by atoms with E-state index in [1.807, 2.05) is 0 Å². The first-order chi connectivity index (χ1) is 2.93. The highest BCUT2D eigenvalue weighted by Gasteiger charge is 2.13. The molecule has 3 radical (unpaired) electrons. The van der Waals surface area contributed by atoms with E-state index < -0.39 is 0 Å². The van der Waals surface area contributed by atoms with Gasteiger partial charge in [0.2, 0.25) is 0 Å². The molecule has 0 heteroatoms. The maximum atomic E-state index is 6.86. The summed E-state index contributed by atoms with van der Waals surface area (Å²) in [5.74, 6) is 0.782. The number of hydrogen-bond acceptors (Lipinski definition) is 0. The second-order valence-electron chi connectivity index (χ2n) is 2.00. The highest BCUT2D eigenvalue weighted by Crippen LogP contribution is 2.28. The topological polar surface area (TPSA) is 0 Å². The van der Waals surface area contributed by atoms with Crippen LogP contribution in [-0.4, -0.2) is 0 Å². The fraction of sp³-hybridized carbons (Fsp3) is 0.833. The highest BCUT2D eigenvalue weighted by atomic mass is 14.2. The van der Waals surface area contributed by atoms with Crippen LogP contribution in [0.5, 0.6) is 0 Å². The van der Waals surface area contributed by atoms with Crippen LogP contribution in [0.1, 0.15) is 25.7 Å². The average Bonchev–Trinajstić information content (AvgIpc) is 1.31. The molecule has 0 N–H and O–H groups in total. The van der Waals surface area contributed by atoms with Crippen LogP contribution in [-0.2, 0) is 0 Å². The molecule has 0 heterocycles. The molecule has 0 aromatic carbocycles. The van der Waals surface area contributed by atoms with E-state index in [1.54, 1.807) is 0 Å². The Balaban J connectivity index is 2.01.